The second-order valence-corrected chi connectivity index (χ2v) is 7.40. The van der Waals surface area contributed by atoms with Gasteiger partial charge in [-0.05, 0) is 28.1 Å². The molecule has 10 heteroatoms. The van der Waals surface area contributed by atoms with Crippen LogP contribution in [0.3, 0.4) is 0 Å². The Morgan fingerprint density at radius 1 is 1.03 bits per heavy atom. The Labute approximate surface area is 178 Å². The van der Waals surface area contributed by atoms with E-state index in [1.807, 2.05) is 60.7 Å². The Morgan fingerprint density at radius 2 is 1.77 bits per heavy atom. The monoisotopic (exact) mass is 422 g/mol. The van der Waals surface area contributed by atoms with Crippen LogP contribution in [0.1, 0.15) is 11.6 Å². The van der Waals surface area contributed by atoms with Crippen LogP contribution in [0.2, 0.25) is 0 Å². The number of rotatable bonds is 6. The predicted molar refractivity (Wildman–Crippen MR) is 108 cm³/mol. The highest BCUT2D eigenvalue weighted by Gasteiger charge is 2.50. The van der Waals surface area contributed by atoms with Gasteiger partial charge in [0.05, 0.1) is 19.3 Å². The third-order valence-corrected chi connectivity index (χ3v) is 5.37. The lowest BCUT2D eigenvalue weighted by molar-refractivity contribution is 0.0613. The van der Waals surface area contributed by atoms with E-state index in [0.717, 1.165) is 5.56 Å². The fourth-order valence-electron chi connectivity index (χ4n) is 3.86. The standard InChI is InChI=1S/C21H22N6O4/c28-20(22-11-14-7-3-1-4-8-14)23-16-12-29-19-17(13-30-18(16)19)27-21(24-25-26-27)31-15-9-5-2-6-10-15/h1-10,16-19H,11-13H2,(H2,22,23,28)/t16-,17-,18+,19+/m0/s1. The van der Waals surface area contributed by atoms with Gasteiger partial charge in [0.25, 0.3) is 0 Å². The van der Waals surface area contributed by atoms with Crippen LogP contribution in [0, 0.1) is 0 Å². The zero-order valence-corrected chi connectivity index (χ0v) is 16.6. The summed E-state index contributed by atoms with van der Waals surface area (Å²) in [5, 5.41) is 17.6. The van der Waals surface area contributed by atoms with E-state index < -0.39 is 0 Å². The minimum absolute atomic E-state index is 0.252. The average Bonchev–Trinajstić information content (AvgIpc) is 3.52. The first-order valence-electron chi connectivity index (χ1n) is 10.1. The SMILES string of the molecule is O=C(NCc1ccccc1)N[C@H]1CO[C@H]2[C@@H]1OC[C@@H]2n1nnnc1Oc1ccccc1. The van der Waals surface area contributed by atoms with E-state index in [2.05, 4.69) is 26.2 Å². The van der Waals surface area contributed by atoms with Gasteiger partial charge in [-0.15, -0.1) is 0 Å². The van der Waals surface area contributed by atoms with E-state index in [1.165, 1.54) is 0 Å². The quantitative estimate of drug-likeness (QED) is 0.621. The maximum Gasteiger partial charge on any atom is 0.341 e. The second kappa shape index (κ2) is 8.70. The van der Waals surface area contributed by atoms with Crippen molar-refractivity contribution in [3.05, 3.63) is 66.2 Å². The highest BCUT2D eigenvalue weighted by atomic mass is 16.6. The molecule has 1 aromatic heterocycles. The first kappa shape index (κ1) is 19.5. The Kier molecular flexibility index (Phi) is 5.46. The van der Waals surface area contributed by atoms with Crippen molar-refractivity contribution < 1.29 is 19.0 Å². The van der Waals surface area contributed by atoms with Crippen LogP contribution in [0.4, 0.5) is 4.79 Å². The number of nitrogens with zero attached hydrogens (tertiary/aromatic N) is 4. The van der Waals surface area contributed by atoms with Gasteiger partial charge in [0.1, 0.15) is 24.0 Å². The number of hydrogen-bond acceptors (Lipinski definition) is 7. The summed E-state index contributed by atoms with van der Waals surface area (Å²) < 4.78 is 19.3. The van der Waals surface area contributed by atoms with Crippen molar-refractivity contribution in [3.63, 3.8) is 0 Å². The highest BCUT2D eigenvalue weighted by Crippen LogP contribution is 2.35. The molecule has 0 radical (unpaired) electrons. The molecule has 2 saturated heterocycles. The van der Waals surface area contributed by atoms with E-state index >= 15 is 0 Å². The molecule has 0 spiro atoms. The molecule has 0 aliphatic carbocycles. The number of hydrogen-bond donors (Lipinski definition) is 2. The molecule has 2 aliphatic rings. The molecule has 160 valence electrons. The normalized spacial score (nSPS) is 24.5. The van der Waals surface area contributed by atoms with E-state index in [1.54, 1.807) is 4.68 Å². The summed E-state index contributed by atoms with van der Waals surface area (Å²) in [6, 6.07) is 18.5. The summed E-state index contributed by atoms with van der Waals surface area (Å²) in [7, 11) is 0. The fourth-order valence-corrected chi connectivity index (χ4v) is 3.86. The molecule has 31 heavy (non-hydrogen) atoms. The maximum absolute atomic E-state index is 12.3. The molecule has 2 aliphatic heterocycles. The number of carbonyl (C=O) groups excluding carboxylic acids is 1. The predicted octanol–water partition coefficient (Wildman–Crippen LogP) is 1.67. The van der Waals surface area contributed by atoms with Crippen LogP contribution in [-0.4, -0.2) is 57.7 Å². The number of benzene rings is 2. The van der Waals surface area contributed by atoms with Crippen molar-refractivity contribution in [1.82, 2.24) is 30.8 Å². The number of aromatic nitrogens is 4. The van der Waals surface area contributed by atoms with Gasteiger partial charge in [0, 0.05) is 6.54 Å². The largest absolute Gasteiger partial charge is 0.423 e. The third-order valence-electron chi connectivity index (χ3n) is 5.37. The molecule has 0 saturated carbocycles. The molecule has 2 aromatic carbocycles. The van der Waals surface area contributed by atoms with E-state index in [-0.39, 0.29) is 36.3 Å². The van der Waals surface area contributed by atoms with Crippen molar-refractivity contribution in [2.24, 2.45) is 0 Å². The van der Waals surface area contributed by atoms with Gasteiger partial charge in [-0.25, -0.2) is 4.79 Å². The smallest absolute Gasteiger partial charge is 0.341 e. The van der Waals surface area contributed by atoms with Crippen LogP contribution in [0.5, 0.6) is 11.8 Å². The van der Waals surface area contributed by atoms with Crippen LogP contribution in [-0.2, 0) is 16.0 Å². The van der Waals surface area contributed by atoms with Crippen LogP contribution < -0.4 is 15.4 Å². The lowest BCUT2D eigenvalue weighted by Crippen LogP contribution is -2.48. The van der Waals surface area contributed by atoms with Gasteiger partial charge in [-0.3, -0.25) is 0 Å². The summed E-state index contributed by atoms with van der Waals surface area (Å²) in [5.74, 6) is 0.635. The molecule has 2 amide bonds. The Hall–Kier alpha value is -3.50. The first-order chi connectivity index (χ1) is 15.3. The molecule has 5 rings (SSSR count). The fraction of sp³-hybridized carbons (Fsp3) is 0.333. The van der Waals surface area contributed by atoms with E-state index in [4.69, 9.17) is 14.2 Å². The summed E-state index contributed by atoms with van der Waals surface area (Å²) in [6.45, 7) is 1.15. The van der Waals surface area contributed by atoms with Crippen molar-refractivity contribution in [2.45, 2.75) is 30.8 Å². The van der Waals surface area contributed by atoms with Gasteiger partial charge in [0.15, 0.2) is 0 Å². The van der Waals surface area contributed by atoms with Gasteiger partial charge < -0.3 is 24.8 Å². The van der Waals surface area contributed by atoms with Gasteiger partial charge in [-0.2, -0.15) is 4.68 Å². The van der Waals surface area contributed by atoms with E-state index in [0.29, 0.717) is 25.5 Å². The van der Waals surface area contributed by atoms with Gasteiger partial charge >= 0.3 is 12.0 Å². The zero-order valence-electron chi connectivity index (χ0n) is 16.6. The van der Waals surface area contributed by atoms with Gasteiger partial charge in [-0.1, -0.05) is 53.6 Å². The maximum atomic E-state index is 12.3. The molecular weight excluding hydrogens is 400 g/mol. The molecular formula is C21H22N6O4. The van der Waals surface area contributed by atoms with E-state index in [9.17, 15) is 4.79 Å². The number of para-hydroxylation sites is 1. The lowest BCUT2D eigenvalue weighted by atomic mass is 10.1. The van der Waals surface area contributed by atoms with Crippen molar-refractivity contribution in [1.29, 1.82) is 0 Å². The molecule has 10 nitrogen and oxygen atoms in total. The molecule has 3 heterocycles. The van der Waals surface area contributed by atoms with Gasteiger partial charge in [0.2, 0.25) is 0 Å². The number of ether oxygens (including phenoxy) is 3. The third kappa shape index (κ3) is 4.21. The molecule has 2 N–H and O–H groups in total. The minimum atomic E-state index is -0.291. The summed E-state index contributed by atoms with van der Waals surface area (Å²) >= 11 is 0. The second-order valence-electron chi connectivity index (χ2n) is 7.40. The Bertz CT molecular complexity index is 1010. The number of fused-ring (bicyclic) bond motifs is 1. The molecule has 0 unspecified atom stereocenters. The highest BCUT2D eigenvalue weighted by molar-refractivity contribution is 5.74. The van der Waals surface area contributed by atoms with Crippen LogP contribution in [0.25, 0.3) is 0 Å². The number of tetrazole rings is 1. The number of amides is 2. The van der Waals surface area contributed by atoms with Crippen LogP contribution >= 0.6 is 0 Å². The van der Waals surface area contributed by atoms with Crippen LogP contribution in [0.15, 0.2) is 60.7 Å². The summed E-state index contributed by atoms with van der Waals surface area (Å²) in [5.41, 5.74) is 1.03. The molecule has 4 atom stereocenters. The first-order valence-corrected chi connectivity index (χ1v) is 10.1. The van der Waals surface area contributed by atoms with Crippen molar-refractivity contribution >= 4 is 6.03 Å². The molecule has 0 bridgehead atoms. The Balaban J connectivity index is 1.20. The average molecular weight is 422 g/mol. The van der Waals surface area contributed by atoms with Crippen molar-refractivity contribution in [3.8, 4) is 11.8 Å². The molecule has 2 fully saturated rings. The van der Waals surface area contributed by atoms with Crippen molar-refractivity contribution in [2.75, 3.05) is 13.2 Å². The number of carbonyl (C=O) groups is 1. The number of urea groups is 1. The number of nitrogens with one attached hydrogen (secondary N) is 2. The summed E-state index contributed by atoms with van der Waals surface area (Å²) in [4.78, 5) is 12.3. The molecule has 3 aromatic rings. The summed E-state index contributed by atoms with van der Waals surface area (Å²) in [6.07, 6.45) is -0.581. The Morgan fingerprint density at radius 3 is 2.58 bits per heavy atom. The lowest BCUT2D eigenvalue weighted by Gasteiger charge is -2.18. The zero-order chi connectivity index (χ0) is 21.0. The topological polar surface area (TPSA) is 112 Å². The minimum Gasteiger partial charge on any atom is -0.423 e.